The van der Waals surface area contributed by atoms with E-state index in [0.29, 0.717) is 5.92 Å². The number of aromatic nitrogens is 2. The van der Waals surface area contributed by atoms with Gasteiger partial charge in [0.1, 0.15) is 16.8 Å². The van der Waals surface area contributed by atoms with E-state index in [-0.39, 0.29) is 10.6 Å². The number of allylic oxidation sites excluding steroid dienone is 5. The molecule has 2 unspecified atom stereocenters. The molecule has 1 aromatic carbocycles. The van der Waals surface area contributed by atoms with E-state index in [1.807, 2.05) is 46.0 Å². The highest BCUT2D eigenvalue weighted by Crippen LogP contribution is 2.43. The Kier molecular flexibility index (Phi) is 6.46. The molecule has 0 amide bonds. The van der Waals surface area contributed by atoms with Crippen LogP contribution >= 0.6 is 11.6 Å². The summed E-state index contributed by atoms with van der Waals surface area (Å²) in [4.78, 5) is 0. The molecular weight excluding hydrogens is 445 g/mol. The van der Waals surface area contributed by atoms with E-state index >= 15 is 0 Å². The first kappa shape index (κ1) is 23.0. The molecule has 0 fully saturated rings. The normalized spacial score (nSPS) is 20.2. The number of hydrogen-bond acceptors (Lipinski definition) is 2. The van der Waals surface area contributed by atoms with Crippen LogP contribution in [0, 0.1) is 11.7 Å². The highest BCUT2D eigenvalue weighted by molar-refractivity contribution is 7.84. The second-order valence-electron chi connectivity index (χ2n) is 9.47. The first-order valence-electron chi connectivity index (χ1n) is 10.9. The van der Waals surface area contributed by atoms with E-state index in [1.54, 1.807) is 16.8 Å². The van der Waals surface area contributed by atoms with E-state index < -0.39 is 11.0 Å². The summed E-state index contributed by atoms with van der Waals surface area (Å²) in [5, 5.41) is 5.44. The summed E-state index contributed by atoms with van der Waals surface area (Å²) in [6.45, 7) is 5.94. The number of benzene rings is 1. The van der Waals surface area contributed by atoms with Gasteiger partial charge in [-0.2, -0.15) is 5.10 Å². The smallest absolute Gasteiger partial charge is 0.123 e. The molecule has 1 heterocycles. The molecule has 2 aliphatic rings. The second kappa shape index (κ2) is 8.99. The van der Waals surface area contributed by atoms with Crippen molar-refractivity contribution >= 4 is 28.7 Å². The zero-order valence-electron chi connectivity index (χ0n) is 18.9. The van der Waals surface area contributed by atoms with Crippen LogP contribution < -0.4 is 4.72 Å². The van der Waals surface area contributed by atoms with Crippen molar-refractivity contribution in [1.29, 1.82) is 0 Å². The molecule has 1 aromatic heterocycles. The van der Waals surface area contributed by atoms with Gasteiger partial charge in [0.2, 0.25) is 0 Å². The summed E-state index contributed by atoms with van der Waals surface area (Å²) >= 11 is 6.72. The fourth-order valence-electron chi connectivity index (χ4n) is 4.18. The van der Waals surface area contributed by atoms with Crippen LogP contribution in [0.1, 0.15) is 52.1 Å². The maximum Gasteiger partial charge on any atom is 0.123 e. The van der Waals surface area contributed by atoms with E-state index in [2.05, 4.69) is 9.82 Å². The van der Waals surface area contributed by atoms with Crippen LogP contribution in [0.25, 0.3) is 17.3 Å². The second-order valence-corrected chi connectivity index (χ2v) is 11.9. The summed E-state index contributed by atoms with van der Waals surface area (Å²) in [6, 6.07) is 8.40. The molecule has 170 valence electrons. The molecule has 0 aliphatic heterocycles. The van der Waals surface area contributed by atoms with Gasteiger partial charge in [0.25, 0.3) is 0 Å². The highest BCUT2D eigenvalue weighted by atomic mass is 35.5. The summed E-state index contributed by atoms with van der Waals surface area (Å²) in [5.41, 5.74) is 6.16. The average Bonchev–Trinajstić information content (AvgIpc) is 3.23. The van der Waals surface area contributed by atoms with Crippen LogP contribution in [0.15, 0.2) is 58.3 Å². The van der Waals surface area contributed by atoms with Gasteiger partial charge in [0.05, 0.1) is 16.1 Å². The van der Waals surface area contributed by atoms with Crippen molar-refractivity contribution in [3.8, 4) is 11.3 Å². The van der Waals surface area contributed by atoms with Crippen molar-refractivity contribution in [2.45, 2.75) is 51.2 Å². The molecule has 7 heteroatoms. The highest BCUT2D eigenvalue weighted by Gasteiger charge is 2.32. The van der Waals surface area contributed by atoms with Crippen molar-refractivity contribution in [1.82, 2.24) is 14.5 Å². The first-order chi connectivity index (χ1) is 15.1. The third-order valence-corrected chi connectivity index (χ3v) is 7.93. The molecule has 2 atom stereocenters. The fourth-order valence-corrected chi connectivity index (χ4v) is 5.32. The van der Waals surface area contributed by atoms with Crippen LogP contribution in [-0.4, -0.2) is 18.7 Å². The number of hydrogen-bond donors (Lipinski definition) is 1. The minimum atomic E-state index is -1.14. The van der Waals surface area contributed by atoms with E-state index in [9.17, 15) is 8.60 Å². The topological polar surface area (TPSA) is 46.9 Å². The lowest BCUT2D eigenvalue weighted by Crippen LogP contribution is -2.34. The summed E-state index contributed by atoms with van der Waals surface area (Å²) in [6.07, 6.45) is 7.60. The zero-order chi connectivity index (χ0) is 23.0. The molecule has 2 aliphatic carbocycles. The van der Waals surface area contributed by atoms with Gasteiger partial charge in [-0.1, -0.05) is 17.7 Å². The van der Waals surface area contributed by atoms with Crippen LogP contribution in [0.5, 0.6) is 0 Å². The maximum absolute atomic E-state index is 13.2. The summed E-state index contributed by atoms with van der Waals surface area (Å²) < 4.78 is 30.7. The van der Waals surface area contributed by atoms with Crippen molar-refractivity contribution in [3.63, 3.8) is 0 Å². The monoisotopic (exact) mass is 473 g/mol. The molecule has 2 bridgehead atoms. The molecule has 4 rings (SSSR count). The molecule has 0 radical (unpaired) electrons. The number of rotatable bonds is 5. The lowest BCUT2D eigenvalue weighted by atomic mass is 9.98. The quantitative estimate of drug-likeness (QED) is 0.558. The summed E-state index contributed by atoms with van der Waals surface area (Å²) in [5.74, 6) is 0.0457. The molecule has 4 nitrogen and oxygen atoms in total. The van der Waals surface area contributed by atoms with E-state index in [0.717, 1.165) is 58.9 Å². The van der Waals surface area contributed by atoms with Gasteiger partial charge in [-0.15, -0.1) is 0 Å². The Morgan fingerprint density at radius 1 is 1.25 bits per heavy atom. The Labute approximate surface area is 196 Å². The van der Waals surface area contributed by atoms with E-state index in [1.165, 1.54) is 17.7 Å². The van der Waals surface area contributed by atoms with Crippen LogP contribution in [-0.2, 0) is 18.0 Å². The zero-order valence-corrected chi connectivity index (χ0v) is 20.5. The lowest BCUT2D eigenvalue weighted by molar-refractivity contribution is 0.582. The first-order valence-corrected chi connectivity index (χ1v) is 12.4. The third kappa shape index (κ3) is 4.91. The number of halogens is 2. The number of aryl methyl sites for hydroxylation is 1. The van der Waals surface area contributed by atoms with Gasteiger partial charge in [0.15, 0.2) is 0 Å². The molecule has 1 N–H and O–H groups in total. The number of fused-ring (bicyclic) bond motifs is 1. The van der Waals surface area contributed by atoms with Crippen molar-refractivity contribution < 1.29 is 8.60 Å². The molecule has 0 saturated carbocycles. The predicted molar refractivity (Wildman–Crippen MR) is 131 cm³/mol. The minimum absolute atomic E-state index is 0.255. The Bertz CT molecular complexity index is 1140. The van der Waals surface area contributed by atoms with E-state index in [4.69, 9.17) is 11.6 Å². The SMILES string of the molecule is Cn1nc(C=CC2=C(Cl)CC3CCC(=C3NS(=O)C(C)(C)C)C2)cc1-c1ccc(F)cc1. The standard InChI is InChI=1S/C25H29ClFN3OS/c1-25(2,3)32(31)29-24-18-5-6-19(24)14-22(26)17(13-18)9-12-21-15-23(30(4)28-21)16-7-10-20(27)11-8-16/h7-12,15,19,29H,5-6,13-14H2,1-4H3. The Morgan fingerprint density at radius 3 is 2.66 bits per heavy atom. The van der Waals surface area contributed by atoms with Crippen molar-refractivity contribution in [2.75, 3.05) is 0 Å². The van der Waals surface area contributed by atoms with Gasteiger partial charge in [-0.25, -0.2) is 8.60 Å². The summed E-state index contributed by atoms with van der Waals surface area (Å²) in [7, 11) is 0.737. The van der Waals surface area contributed by atoms with Gasteiger partial charge >= 0.3 is 0 Å². The van der Waals surface area contributed by atoms with Crippen LogP contribution in [0.4, 0.5) is 4.39 Å². The lowest BCUT2D eigenvalue weighted by Gasteiger charge is -2.22. The van der Waals surface area contributed by atoms with Crippen molar-refractivity contribution in [2.24, 2.45) is 13.0 Å². The molecular formula is C25H29ClFN3OS. The largest absolute Gasteiger partial charge is 0.308 e. The van der Waals surface area contributed by atoms with Gasteiger partial charge in [-0.3, -0.25) is 4.68 Å². The molecule has 0 saturated heterocycles. The Balaban J connectivity index is 1.55. The van der Waals surface area contributed by atoms with Crippen molar-refractivity contribution in [3.05, 3.63) is 69.8 Å². The third-order valence-electron chi connectivity index (χ3n) is 6.01. The predicted octanol–water partition coefficient (Wildman–Crippen LogP) is 6.24. The van der Waals surface area contributed by atoms with Gasteiger partial charge in [0, 0.05) is 23.7 Å². The number of nitrogens with one attached hydrogen (secondary N) is 1. The molecule has 2 aromatic rings. The Morgan fingerprint density at radius 2 is 1.97 bits per heavy atom. The van der Waals surface area contributed by atoms with Gasteiger partial charge in [-0.05, 0) is 99.6 Å². The molecule has 0 spiro atoms. The average molecular weight is 474 g/mol. The minimum Gasteiger partial charge on any atom is -0.308 e. The van der Waals surface area contributed by atoms with Gasteiger partial charge < -0.3 is 4.72 Å². The number of nitrogens with zero attached hydrogens (tertiary/aromatic N) is 2. The van der Waals surface area contributed by atoms with Crippen LogP contribution in [0.2, 0.25) is 0 Å². The molecule has 32 heavy (non-hydrogen) atoms. The van der Waals surface area contributed by atoms with Crippen LogP contribution in [0.3, 0.4) is 0 Å². The maximum atomic E-state index is 13.2. The fraction of sp³-hybridized carbons (Fsp3) is 0.400. The Hall–Kier alpha value is -2.18.